The van der Waals surface area contributed by atoms with Crippen LogP contribution < -0.4 is 0 Å². The quantitative estimate of drug-likeness (QED) is 0.310. The molecule has 0 spiro atoms. The van der Waals surface area contributed by atoms with Crippen LogP contribution in [0.2, 0.25) is 0 Å². The van der Waals surface area contributed by atoms with E-state index < -0.39 is 101 Å². The van der Waals surface area contributed by atoms with E-state index in [2.05, 4.69) is 0 Å². The molecule has 236 valence electrons. The maximum Gasteiger partial charge on any atom is 0.365 e. The molecular formula is C26H16F14O2S. The van der Waals surface area contributed by atoms with Crippen molar-refractivity contribution in [2.45, 2.75) is 58.9 Å². The second-order valence-corrected chi connectivity index (χ2v) is 12.2. The summed E-state index contributed by atoms with van der Waals surface area (Å²) < 4.78 is 240. The number of aryl methyl sites for hydroxylation is 2. The lowest BCUT2D eigenvalue weighted by Crippen LogP contribution is -2.75. The molecule has 4 rings (SSSR count). The Kier molecular flexibility index (Phi) is 6.84. The van der Waals surface area contributed by atoms with Gasteiger partial charge in [0.05, 0.1) is 0 Å². The van der Waals surface area contributed by atoms with Gasteiger partial charge in [0, 0.05) is 23.3 Å². The topological polar surface area (TPSA) is 34.1 Å². The van der Waals surface area contributed by atoms with E-state index in [0.717, 1.165) is 38.1 Å². The SMILES string of the molecule is Cc1ccccc1C1(F)C(F)=CC(F)(S(=O)(=O)C2(F)C=C(F)C(F)(c3ccccc3C)C(F)(F)C2(F)F)C(F)(F)C1(F)F. The fourth-order valence-electron chi connectivity index (χ4n) is 5.09. The number of allylic oxidation sites excluding steroid dienone is 2. The maximum absolute atomic E-state index is 15.8. The van der Waals surface area contributed by atoms with Crippen LogP contribution in [0.3, 0.4) is 0 Å². The molecule has 2 nitrogen and oxygen atoms in total. The van der Waals surface area contributed by atoms with Crippen molar-refractivity contribution in [3.8, 4) is 0 Å². The van der Waals surface area contributed by atoms with Gasteiger partial charge in [0.25, 0.3) is 11.3 Å². The number of hydrogen-bond acceptors (Lipinski definition) is 2. The molecule has 2 aromatic rings. The summed E-state index contributed by atoms with van der Waals surface area (Å²) >= 11 is 0. The Bertz CT molecular complexity index is 1550. The molecule has 0 bridgehead atoms. The van der Waals surface area contributed by atoms with Crippen molar-refractivity contribution in [1.82, 2.24) is 0 Å². The average molecular weight is 658 g/mol. The van der Waals surface area contributed by atoms with Crippen molar-refractivity contribution in [2.75, 3.05) is 0 Å². The largest absolute Gasteiger partial charge is 0.365 e. The van der Waals surface area contributed by atoms with Crippen molar-refractivity contribution in [2.24, 2.45) is 0 Å². The number of hydrogen-bond donors (Lipinski definition) is 0. The molecule has 43 heavy (non-hydrogen) atoms. The van der Waals surface area contributed by atoms with E-state index in [1.165, 1.54) is 0 Å². The highest BCUT2D eigenvalue weighted by Crippen LogP contribution is 2.69. The Labute approximate surface area is 233 Å². The van der Waals surface area contributed by atoms with Gasteiger partial charge in [-0.25, -0.2) is 34.8 Å². The first-order chi connectivity index (χ1) is 19.3. The normalized spacial score (nSPS) is 34.7. The Morgan fingerprint density at radius 2 is 0.767 bits per heavy atom. The van der Waals surface area contributed by atoms with Crippen molar-refractivity contribution >= 4 is 9.84 Å². The molecule has 17 heteroatoms. The Hall–Kier alpha value is -3.11. The first kappa shape index (κ1) is 32.8. The van der Waals surface area contributed by atoms with Crippen LogP contribution >= 0.6 is 0 Å². The molecule has 0 saturated heterocycles. The minimum absolute atomic E-state index is 0.295. The number of halogens is 14. The lowest BCUT2D eigenvalue weighted by atomic mass is 9.76. The predicted octanol–water partition coefficient (Wildman–Crippen LogP) is 8.35. The molecule has 0 amide bonds. The standard InChI is InChI=1S/C26H16F14O2S/c1-13-7-3-5-9-15(13)21(31)17(27)11-19(29,23(33,34)25(21,37)38)43(41,42)20(30)12-18(28)22(32,26(39,40)24(20,35)36)16-10-6-4-8-14(16)2/h3-12H,1-2H3. The van der Waals surface area contributed by atoms with Gasteiger partial charge in [0.15, 0.2) is 0 Å². The third-order valence-electron chi connectivity index (χ3n) is 7.61. The molecule has 0 aliphatic heterocycles. The van der Waals surface area contributed by atoms with E-state index in [9.17, 15) is 8.42 Å². The van der Waals surface area contributed by atoms with Crippen LogP contribution in [0.25, 0.3) is 0 Å². The minimum atomic E-state index is -8.45. The summed E-state index contributed by atoms with van der Waals surface area (Å²) in [6.45, 7) is 1.55. The predicted molar refractivity (Wildman–Crippen MR) is 123 cm³/mol. The Morgan fingerprint density at radius 3 is 1.05 bits per heavy atom. The molecular weight excluding hydrogens is 642 g/mol. The van der Waals surface area contributed by atoms with Crippen LogP contribution in [0.1, 0.15) is 22.3 Å². The summed E-state index contributed by atoms with van der Waals surface area (Å²) in [4.78, 5) is 0. The number of sulfone groups is 1. The third kappa shape index (κ3) is 3.39. The number of rotatable bonds is 4. The first-order valence-electron chi connectivity index (χ1n) is 11.7. The van der Waals surface area contributed by atoms with Gasteiger partial charge in [-0.05, 0) is 25.0 Å². The van der Waals surface area contributed by atoms with E-state index in [4.69, 9.17) is 0 Å². The number of alkyl halides is 12. The lowest BCUT2D eigenvalue weighted by Gasteiger charge is -2.50. The molecule has 0 heterocycles. The molecule has 4 unspecified atom stereocenters. The minimum Gasteiger partial charge on any atom is -0.224 e. The van der Waals surface area contributed by atoms with Crippen LogP contribution in [0.5, 0.6) is 0 Å². The van der Waals surface area contributed by atoms with Crippen LogP contribution in [-0.4, -0.2) is 42.1 Å². The summed E-state index contributed by atoms with van der Waals surface area (Å²) in [5, 5.41) is -13.6. The molecule has 0 aromatic heterocycles. The van der Waals surface area contributed by atoms with Crippen LogP contribution in [0.15, 0.2) is 72.3 Å². The highest BCUT2D eigenvalue weighted by atomic mass is 32.2. The molecule has 4 atom stereocenters. The van der Waals surface area contributed by atoms with E-state index in [1.54, 1.807) is 0 Å². The van der Waals surface area contributed by atoms with Gasteiger partial charge in [0.2, 0.25) is 9.84 Å². The van der Waals surface area contributed by atoms with E-state index in [1.807, 2.05) is 0 Å². The zero-order valence-corrected chi connectivity index (χ0v) is 22.1. The van der Waals surface area contributed by atoms with Crippen LogP contribution in [-0.2, 0) is 21.2 Å². The van der Waals surface area contributed by atoms with E-state index in [-0.39, 0.29) is 0 Å². The zero-order valence-electron chi connectivity index (χ0n) is 21.3. The van der Waals surface area contributed by atoms with Crippen molar-refractivity contribution in [3.05, 3.63) is 94.6 Å². The molecule has 0 fully saturated rings. The average Bonchev–Trinajstić information content (AvgIpc) is 2.90. The molecule has 0 N–H and O–H groups in total. The first-order valence-corrected chi connectivity index (χ1v) is 13.2. The third-order valence-corrected chi connectivity index (χ3v) is 9.92. The van der Waals surface area contributed by atoms with Gasteiger partial charge < -0.3 is 0 Å². The molecule has 2 aromatic carbocycles. The maximum atomic E-state index is 15.8. The van der Waals surface area contributed by atoms with Crippen molar-refractivity contribution < 1.29 is 69.9 Å². The summed E-state index contributed by atoms with van der Waals surface area (Å²) in [6.07, 6.45) is -3.65. The van der Waals surface area contributed by atoms with Crippen LogP contribution in [0, 0.1) is 13.8 Å². The van der Waals surface area contributed by atoms with E-state index >= 15 is 61.5 Å². The fraction of sp³-hybridized carbons (Fsp3) is 0.385. The second kappa shape index (κ2) is 8.97. The zero-order chi connectivity index (χ0) is 33.0. The summed E-state index contributed by atoms with van der Waals surface area (Å²) in [5.41, 5.74) is -15.5. The smallest absolute Gasteiger partial charge is 0.224 e. The van der Waals surface area contributed by atoms with Gasteiger partial charge in [-0.15, -0.1) is 0 Å². The van der Waals surface area contributed by atoms with Gasteiger partial charge in [0.1, 0.15) is 11.7 Å². The highest BCUT2D eigenvalue weighted by Gasteiger charge is 2.93. The van der Waals surface area contributed by atoms with Crippen LogP contribution in [0.4, 0.5) is 61.5 Å². The summed E-state index contributed by atoms with van der Waals surface area (Å²) in [6, 6.07) is 5.61. The van der Waals surface area contributed by atoms with Crippen molar-refractivity contribution in [1.29, 1.82) is 0 Å². The molecule has 0 saturated carbocycles. The van der Waals surface area contributed by atoms with Gasteiger partial charge in [-0.1, -0.05) is 48.5 Å². The van der Waals surface area contributed by atoms with Gasteiger partial charge >= 0.3 is 33.7 Å². The molecule has 2 aliphatic carbocycles. The van der Waals surface area contributed by atoms with E-state index in [0.29, 0.717) is 24.3 Å². The second-order valence-electron chi connectivity index (χ2n) is 10.0. The summed E-state index contributed by atoms with van der Waals surface area (Å²) in [5.74, 6) is -35.2. The fourth-order valence-corrected chi connectivity index (χ4v) is 6.97. The van der Waals surface area contributed by atoms with Crippen molar-refractivity contribution in [3.63, 3.8) is 0 Å². The summed E-state index contributed by atoms with van der Waals surface area (Å²) in [7, 11) is -8.45. The molecule has 0 radical (unpaired) electrons. The van der Waals surface area contributed by atoms with Gasteiger partial charge in [-0.3, -0.25) is 0 Å². The highest BCUT2D eigenvalue weighted by molar-refractivity contribution is 7.94. The van der Waals surface area contributed by atoms with Gasteiger partial charge in [-0.2, -0.15) is 35.1 Å². The monoisotopic (exact) mass is 658 g/mol. The number of benzene rings is 2. The molecule has 2 aliphatic rings. The Morgan fingerprint density at radius 1 is 0.488 bits per heavy atom. The lowest BCUT2D eigenvalue weighted by molar-refractivity contribution is -0.308. The Balaban J connectivity index is 2.06.